The maximum absolute atomic E-state index is 4.18. The summed E-state index contributed by atoms with van der Waals surface area (Å²) in [6.45, 7) is 1.92. The first-order valence-electron chi connectivity index (χ1n) is 3.64. The van der Waals surface area contributed by atoms with E-state index in [1.54, 1.807) is 24.9 Å². The summed E-state index contributed by atoms with van der Waals surface area (Å²) >= 11 is 0. The van der Waals surface area contributed by atoms with E-state index >= 15 is 0 Å². The highest BCUT2D eigenvalue weighted by Crippen LogP contribution is 2.05. The number of imidazole rings is 1. The van der Waals surface area contributed by atoms with Gasteiger partial charge in [-0.3, -0.25) is 9.55 Å². The van der Waals surface area contributed by atoms with E-state index in [-0.39, 0.29) is 0 Å². The van der Waals surface area contributed by atoms with Gasteiger partial charge in [0.2, 0.25) is 0 Å². The molecule has 0 aromatic carbocycles. The molecule has 0 saturated carbocycles. The van der Waals surface area contributed by atoms with Crippen LogP contribution in [0.25, 0.3) is 5.82 Å². The molecular weight excluding hydrogens is 152 g/mol. The summed E-state index contributed by atoms with van der Waals surface area (Å²) in [5.41, 5.74) is 0.899. The maximum Gasteiger partial charge on any atom is 0.159 e. The Kier molecular flexibility index (Phi) is 1.59. The van der Waals surface area contributed by atoms with Crippen molar-refractivity contribution in [2.75, 3.05) is 0 Å². The minimum Gasteiger partial charge on any atom is -0.289 e. The third-order valence-electron chi connectivity index (χ3n) is 1.60. The number of aryl methyl sites for hydroxylation is 1. The van der Waals surface area contributed by atoms with Gasteiger partial charge in [-0.15, -0.1) is 0 Å². The smallest absolute Gasteiger partial charge is 0.159 e. The van der Waals surface area contributed by atoms with Gasteiger partial charge in [0.1, 0.15) is 6.33 Å². The second-order valence-electron chi connectivity index (χ2n) is 2.44. The molecule has 0 amide bonds. The fraction of sp³-hybridized carbons (Fsp3) is 0.125. The highest BCUT2D eigenvalue weighted by molar-refractivity contribution is 5.25. The average molecular weight is 160 g/mol. The fourth-order valence-electron chi connectivity index (χ4n) is 1.04. The van der Waals surface area contributed by atoms with Crippen LogP contribution in [-0.4, -0.2) is 19.5 Å². The monoisotopic (exact) mass is 160 g/mol. The molecule has 0 bridgehead atoms. The van der Waals surface area contributed by atoms with Crippen LogP contribution in [0.4, 0.5) is 0 Å². The molecular formula is C8H8N4. The minimum atomic E-state index is 0.829. The summed E-state index contributed by atoms with van der Waals surface area (Å²) in [5, 5.41) is 0. The van der Waals surface area contributed by atoms with Gasteiger partial charge >= 0.3 is 0 Å². The van der Waals surface area contributed by atoms with Crippen molar-refractivity contribution in [1.82, 2.24) is 19.5 Å². The first-order valence-corrected chi connectivity index (χ1v) is 3.64. The molecule has 0 spiro atoms. The molecule has 0 aliphatic carbocycles. The molecule has 2 rings (SSSR count). The Morgan fingerprint density at radius 2 is 2.00 bits per heavy atom. The van der Waals surface area contributed by atoms with Gasteiger partial charge in [0, 0.05) is 24.8 Å². The summed E-state index contributed by atoms with van der Waals surface area (Å²) in [7, 11) is 0. The molecule has 2 heterocycles. The Bertz CT molecular complexity index is 366. The van der Waals surface area contributed by atoms with Crippen LogP contribution in [0.1, 0.15) is 5.69 Å². The van der Waals surface area contributed by atoms with Crippen LogP contribution < -0.4 is 0 Å². The molecule has 2 aromatic rings. The van der Waals surface area contributed by atoms with Crippen LogP contribution in [-0.2, 0) is 0 Å². The summed E-state index contributed by atoms with van der Waals surface area (Å²) in [6.07, 6.45) is 8.61. The normalized spacial score (nSPS) is 10.1. The fourth-order valence-corrected chi connectivity index (χ4v) is 1.04. The molecule has 12 heavy (non-hydrogen) atoms. The molecule has 0 radical (unpaired) electrons. The molecule has 4 nitrogen and oxygen atoms in total. The summed E-state index contributed by atoms with van der Waals surface area (Å²) in [5.74, 6) is 0.829. The third-order valence-corrected chi connectivity index (χ3v) is 1.60. The quantitative estimate of drug-likeness (QED) is 0.624. The predicted molar refractivity (Wildman–Crippen MR) is 43.9 cm³/mol. The lowest BCUT2D eigenvalue weighted by atomic mass is 10.4. The number of aromatic nitrogens is 4. The van der Waals surface area contributed by atoms with Gasteiger partial charge in [0.15, 0.2) is 5.82 Å². The first-order chi connectivity index (χ1) is 5.88. The Morgan fingerprint density at radius 3 is 2.67 bits per heavy atom. The number of nitrogens with zero attached hydrogens (tertiary/aromatic N) is 4. The Hall–Kier alpha value is -1.71. The van der Waals surface area contributed by atoms with E-state index < -0.39 is 0 Å². The van der Waals surface area contributed by atoms with Crippen molar-refractivity contribution < 1.29 is 0 Å². The van der Waals surface area contributed by atoms with Gasteiger partial charge in [-0.2, -0.15) is 0 Å². The molecule has 0 aliphatic rings. The largest absolute Gasteiger partial charge is 0.289 e. The zero-order chi connectivity index (χ0) is 8.39. The molecule has 0 N–H and O–H groups in total. The van der Waals surface area contributed by atoms with Crippen molar-refractivity contribution in [2.24, 2.45) is 0 Å². The molecule has 4 heteroatoms. The number of hydrogen-bond donors (Lipinski definition) is 0. The standard InChI is InChI=1S/C8H8N4/c1-7-8(11-3-2-10-7)12-5-4-9-6-12/h2-6H,1H3. The zero-order valence-corrected chi connectivity index (χ0v) is 6.68. The lowest BCUT2D eigenvalue weighted by molar-refractivity contribution is 0.941. The van der Waals surface area contributed by atoms with E-state index in [4.69, 9.17) is 0 Å². The lowest BCUT2D eigenvalue weighted by Crippen LogP contribution is -1.98. The lowest BCUT2D eigenvalue weighted by Gasteiger charge is -2.01. The maximum atomic E-state index is 4.18. The van der Waals surface area contributed by atoms with Crippen LogP contribution in [0.15, 0.2) is 31.1 Å². The first kappa shape index (κ1) is 6.97. The van der Waals surface area contributed by atoms with E-state index in [2.05, 4.69) is 15.0 Å². The predicted octanol–water partition coefficient (Wildman–Crippen LogP) is 0.971. The van der Waals surface area contributed by atoms with E-state index in [1.165, 1.54) is 0 Å². The zero-order valence-electron chi connectivity index (χ0n) is 6.68. The van der Waals surface area contributed by atoms with Crippen molar-refractivity contribution in [3.63, 3.8) is 0 Å². The van der Waals surface area contributed by atoms with Gasteiger partial charge in [0.05, 0.1) is 5.69 Å². The summed E-state index contributed by atoms with van der Waals surface area (Å²) < 4.78 is 1.84. The van der Waals surface area contributed by atoms with Crippen molar-refractivity contribution in [3.05, 3.63) is 36.8 Å². The van der Waals surface area contributed by atoms with Crippen molar-refractivity contribution in [1.29, 1.82) is 0 Å². The van der Waals surface area contributed by atoms with Crippen LogP contribution >= 0.6 is 0 Å². The van der Waals surface area contributed by atoms with Crippen LogP contribution in [0, 0.1) is 6.92 Å². The molecule has 0 aliphatic heterocycles. The highest BCUT2D eigenvalue weighted by Gasteiger charge is 1.99. The topological polar surface area (TPSA) is 43.6 Å². The Balaban J connectivity index is 2.55. The molecule has 2 aromatic heterocycles. The van der Waals surface area contributed by atoms with Gasteiger partial charge in [-0.05, 0) is 6.92 Å². The minimum absolute atomic E-state index is 0.829. The highest BCUT2D eigenvalue weighted by atomic mass is 15.1. The molecule has 0 saturated heterocycles. The molecule has 0 atom stereocenters. The van der Waals surface area contributed by atoms with Crippen LogP contribution in [0.5, 0.6) is 0 Å². The third kappa shape index (κ3) is 1.07. The molecule has 60 valence electrons. The van der Waals surface area contributed by atoms with E-state index in [9.17, 15) is 0 Å². The Labute approximate surface area is 69.9 Å². The number of rotatable bonds is 1. The van der Waals surface area contributed by atoms with Crippen molar-refractivity contribution in [2.45, 2.75) is 6.92 Å². The molecule has 0 fully saturated rings. The Morgan fingerprint density at radius 1 is 1.17 bits per heavy atom. The summed E-state index contributed by atoms with van der Waals surface area (Å²) in [6, 6.07) is 0. The second kappa shape index (κ2) is 2.73. The average Bonchev–Trinajstić information content (AvgIpc) is 2.57. The van der Waals surface area contributed by atoms with E-state index in [0.29, 0.717) is 0 Å². The van der Waals surface area contributed by atoms with Gasteiger partial charge in [0.25, 0.3) is 0 Å². The van der Waals surface area contributed by atoms with Gasteiger partial charge in [-0.1, -0.05) is 0 Å². The van der Waals surface area contributed by atoms with Crippen molar-refractivity contribution >= 4 is 0 Å². The van der Waals surface area contributed by atoms with Gasteiger partial charge in [-0.25, -0.2) is 9.97 Å². The summed E-state index contributed by atoms with van der Waals surface area (Å²) in [4.78, 5) is 12.2. The van der Waals surface area contributed by atoms with Gasteiger partial charge < -0.3 is 0 Å². The van der Waals surface area contributed by atoms with E-state index in [1.807, 2.05) is 17.7 Å². The molecule has 0 unspecified atom stereocenters. The van der Waals surface area contributed by atoms with Crippen LogP contribution in [0.2, 0.25) is 0 Å². The SMILES string of the molecule is Cc1nccnc1-n1ccnc1. The van der Waals surface area contributed by atoms with Crippen LogP contribution in [0.3, 0.4) is 0 Å². The van der Waals surface area contributed by atoms with Crippen molar-refractivity contribution in [3.8, 4) is 5.82 Å². The number of hydrogen-bond acceptors (Lipinski definition) is 3. The van der Waals surface area contributed by atoms with E-state index in [0.717, 1.165) is 11.5 Å². The second-order valence-corrected chi connectivity index (χ2v) is 2.44.